The minimum Gasteiger partial charge on any atom is -0.330 e. The summed E-state index contributed by atoms with van der Waals surface area (Å²) >= 11 is 0. The lowest BCUT2D eigenvalue weighted by atomic mass is 10.1. The zero-order chi connectivity index (χ0) is 13.1. The van der Waals surface area contributed by atoms with E-state index in [0.717, 1.165) is 36.3 Å². The molecule has 2 N–H and O–H groups in total. The van der Waals surface area contributed by atoms with E-state index in [0.29, 0.717) is 6.54 Å². The number of fused-ring (bicyclic) bond motifs is 1. The number of aromatic nitrogens is 2. The summed E-state index contributed by atoms with van der Waals surface area (Å²) in [4.78, 5) is 4.71. The molecule has 1 heterocycles. The maximum absolute atomic E-state index is 5.66. The molecule has 0 unspecified atom stereocenters. The Hall–Kier alpha value is -1.61. The largest absolute Gasteiger partial charge is 0.330 e. The molecule has 3 heteroatoms. The fourth-order valence-electron chi connectivity index (χ4n) is 2.21. The van der Waals surface area contributed by atoms with Gasteiger partial charge in [-0.05, 0) is 37.6 Å². The van der Waals surface area contributed by atoms with Gasteiger partial charge in [-0.15, -0.1) is 0 Å². The van der Waals surface area contributed by atoms with Gasteiger partial charge in [-0.1, -0.05) is 25.1 Å². The third-order valence-electron chi connectivity index (χ3n) is 3.10. The summed E-state index contributed by atoms with van der Waals surface area (Å²) in [6.07, 6.45) is 1.85. The molecule has 2 rings (SSSR count). The van der Waals surface area contributed by atoms with Gasteiger partial charge in [0.25, 0.3) is 0 Å². The fourth-order valence-corrected chi connectivity index (χ4v) is 2.21. The van der Waals surface area contributed by atoms with Crippen LogP contribution in [0.25, 0.3) is 11.0 Å². The Kier molecular flexibility index (Phi) is 3.82. The summed E-state index contributed by atoms with van der Waals surface area (Å²) in [5, 5.41) is 0. The lowest BCUT2D eigenvalue weighted by Gasteiger charge is -2.08. The Bertz CT molecular complexity index is 566. The van der Waals surface area contributed by atoms with Crippen LogP contribution in [0, 0.1) is 0 Å². The molecular weight excluding hydrogens is 222 g/mol. The van der Waals surface area contributed by atoms with Crippen molar-refractivity contribution in [3.63, 3.8) is 0 Å². The second-order valence-corrected chi connectivity index (χ2v) is 4.79. The maximum atomic E-state index is 5.66. The van der Waals surface area contributed by atoms with Gasteiger partial charge in [0.1, 0.15) is 5.82 Å². The summed E-state index contributed by atoms with van der Waals surface area (Å²) in [5.41, 5.74) is 10.4. The SMILES string of the molecule is C=C(C)Cn1c(CCN)nc2cc(CC)ccc21. The predicted molar refractivity (Wildman–Crippen MR) is 76.7 cm³/mol. The number of hydrogen-bond acceptors (Lipinski definition) is 2. The number of benzene rings is 1. The van der Waals surface area contributed by atoms with Crippen molar-refractivity contribution in [1.82, 2.24) is 9.55 Å². The van der Waals surface area contributed by atoms with E-state index in [-0.39, 0.29) is 0 Å². The first kappa shape index (κ1) is 12.8. The van der Waals surface area contributed by atoms with Gasteiger partial charge in [-0.25, -0.2) is 4.98 Å². The molecular formula is C15H21N3. The number of rotatable bonds is 5. The predicted octanol–water partition coefficient (Wildman–Crippen LogP) is 2.68. The van der Waals surface area contributed by atoms with Crippen molar-refractivity contribution in [2.75, 3.05) is 6.54 Å². The highest BCUT2D eigenvalue weighted by Crippen LogP contribution is 2.19. The molecule has 0 atom stereocenters. The number of allylic oxidation sites excluding steroid dienone is 1. The van der Waals surface area contributed by atoms with Crippen molar-refractivity contribution >= 4 is 11.0 Å². The van der Waals surface area contributed by atoms with Gasteiger partial charge in [0.2, 0.25) is 0 Å². The van der Waals surface area contributed by atoms with Crippen LogP contribution in [0.3, 0.4) is 0 Å². The zero-order valence-electron chi connectivity index (χ0n) is 11.2. The molecule has 0 radical (unpaired) electrons. The van der Waals surface area contributed by atoms with Gasteiger partial charge in [-0.2, -0.15) is 0 Å². The van der Waals surface area contributed by atoms with Crippen molar-refractivity contribution in [3.05, 3.63) is 41.7 Å². The highest BCUT2D eigenvalue weighted by Gasteiger charge is 2.10. The van der Waals surface area contributed by atoms with Crippen molar-refractivity contribution in [2.24, 2.45) is 5.73 Å². The van der Waals surface area contributed by atoms with Gasteiger partial charge >= 0.3 is 0 Å². The Morgan fingerprint density at radius 3 is 2.83 bits per heavy atom. The van der Waals surface area contributed by atoms with Gasteiger partial charge in [0.05, 0.1) is 11.0 Å². The van der Waals surface area contributed by atoms with Crippen LogP contribution in [0.15, 0.2) is 30.4 Å². The molecule has 1 aromatic heterocycles. The maximum Gasteiger partial charge on any atom is 0.111 e. The summed E-state index contributed by atoms with van der Waals surface area (Å²) in [5.74, 6) is 1.06. The number of aryl methyl sites for hydroxylation is 1. The van der Waals surface area contributed by atoms with Gasteiger partial charge in [0, 0.05) is 13.0 Å². The zero-order valence-corrected chi connectivity index (χ0v) is 11.2. The molecule has 18 heavy (non-hydrogen) atoms. The van der Waals surface area contributed by atoms with E-state index < -0.39 is 0 Å². The summed E-state index contributed by atoms with van der Waals surface area (Å²) in [6, 6.07) is 6.50. The van der Waals surface area contributed by atoms with Crippen molar-refractivity contribution in [2.45, 2.75) is 33.2 Å². The van der Waals surface area contributed by atoms with E-state index in [1.807, 2.05) is 6.92 Å². The molecule has 0 amide bonds. The fraction of sp³-hybridized carbons (Fsp3) is 0.400. The molecule has 96 valence electrons. The van der Waals surface area contributed by atoms with Crippen LogP contribution in [0.2, 0.25) is 0 Å². The van der Waals surface area contributed by atoms with Crippen LogP contribution in [-0.2, 0) is 19.4 Å². The molecule has 0 spiro atoms. The average molecular weight is 243 g/mol. The Morgan fingerprint density at radius 2 is 2.22 bits per heavy atom. The summed E-state index contributed by atoms with van der Waals surface area (Å²) in [6.45, 7) is 9.63. The van der Waals surface area contributed by atoms with Crippen LogP contribution < -0.4 is 5.73 Å². The molecule has 0 saturated heterocycles. The van der Waals surface area contributed by atoms with Gasteiger partial charge < -0.3 is 10.3 Å². The quantitative estimate of drug-likeness (QED) is 0.820. The van der Waals surface area contributed by atoms with Crippen LogP contribution in [0.1, 0.15) is 25.2 Å². The Balaban J connectivity index is 2.55. The molecule has 0 aliphatic rings. The molecule has 0 aliphatic heterocycles. The van der Waals surface area contributed by atoms with Gasteiger partial charge in [0.15, 0.2) is 0 Å². The number of nitrogens with two attached hydrogens (primary N) is 1. The monoisotopic (exact) mass is 243 g/mol. The van der Waals surface area contributed by atoms with E-state index in [1.165, 1.54) is 11.1 Å². The van der Waals surface area contributed by atoms with Crippen molar-refractivity contribution in [1.29, 1.82) is 0 Å². The topological polar surface area (TPSA) is 43.8 Å². The second-order valence-electron chi connectivity index (χ2n) is 4.79. The van der Waals surface area contributed by atoms with E-state index >= 15 is 0 Å². The number of imidazole rings is 1. The highest BCUT2D eigenvalue weighted by molar-refractivity contribution is 5.77. The molecule has 0 aliphatic carbocycles. The summed E-state index contributed by atoms with van der Waals surface area (Å²) < 4.78 is 2.23. The smallest absolute Gasteiger partial charge is 0.111 e. The van der Waals surface area contributed by atoms with E-state index in [9.17, 15) is 0 Å². The van der Waals surface area contributed by atoms with Crippen molar-refractivity contribution < 1.29 is 0 Å². The van der Waals surface area contributed by atoms with Crippen LogP contribution in [-0.4, -0.2) is 16.1 Å². The van der Waals surface area contributed by atoms with E-state index in [2.05, 4.69) is 36.3 Å². The highest BCUT2D eigenvalue weighted by atomic mass is 15.1. The van der Waals surface area contributed by atoms with E-state index in [1.54, 1.807) is 0 Å². The average Bonchev–Trinajstić information content (AvgIpc) is 2.66. The summed E-state index contributed by atoms with van der Waals surface area (Å²) in [7, 11) is 0. The minimum absolute atomic E-state index is 0.625. The molecule has 0 bridgehead atoms. The number of nitrogens with zero attached hydrogens (tertiary/aromatic N) is 2. The lowest BCUT2D eigenvalue weighted by Crippen LogP contribution is -2.10. The molecule has 3 nitrogen and oxygen atoms in total. The van der Waals surface area contributed by atoms with Gasteiger partial charge in [-0.3, -0.25) is 0 Å². The first-order valence-corrected chi connectivity index (χ1v) is 6.48. The molecule has 0 fully saturated rings. The molecule has 2 aromatic rings. The lowest BCUT2D eigenvalue weighted by molar-refractivity contribution is 0.727. The van der Waals surface area contributed by atoms with Crippen LogP contribution in [0.5, 0.6) is 0 Å². The first-order chi connectivity index (χ1) is 8.65. The molecule has 1 aromatic carbocycles. The Morgan fingerprint density at radius 1 is 1.44 bits per heavy atom. The normalized spacial score (nSPS) is 11.1. The van der Waals surface area contributed by atoms with Crippen LogP contribution >= 0.6 is 0 Å². The third-order valence-corrected chi connectivity index (χ3v) is 3.10. The number of hydrogen-bond donors (Lipinski definition) is 1. The standard InChI is InChI=1S/C15H21N3/c1-4-12-5-6-14-13(9-12)17-15(7-8-16)18(14)10-11(2)3/h5-6,9H,2,4,7-8,10,16H2,1,3H3. The van der Waals surface area contributed by atoms with Crippen LogP contribution in [0.4, 0.5) is 0 Å². The molecule has 0 saturated carbocycles. The first-order valence-electron chi connectivity index (χ1n) is 6.48. The van der Waals surface area contributed by atoms with Crippen molar-refractivity contribution in [3.8, 4) is 0 Å². The minimum atomic E-state index is 0.625. The van der Waals surface area contributed by atoms with E-state index in [4.69, 9.17) is 10.7 Å². The Labute approximate surface area is 108 Å². The third kappa shape index (κ3) is 2.46. The second kappa shape index (κ2) is 5.36.